The van der Waals surface area contributed by atoms with E-state index < -0.39 is 0 Å². The minimum absolute atomic E-state index is 0.210. The number of nitrogens with one attached hydrogen (secondary N) is 1. The Morgan fingerprint density at radius 1 is 1.15 bits per heavy atom. The van der Waals surface area contributed by atoms with Crippen LogP contribution in [0, 0.1) is 0 Å². The zero-order chi connectivity index (χ0) is 14.6. The summed E-state index contributed by atoms with van der Waals surface area (Å²) in [6.45, 7) is 5.61. The van der Waals surface area contributed by atoms with Gasteiger partial charge in [0.05, 0.1) is 10.0 Å². The van der Waals surface area contributed by atoms with Crippen molar-refractivity contribution in [3.8, 4) is 0 Å². The predicted octanol–water partition coefficient (Wildman–Crippen LogP) is 5.58. The lowest BCUT2D eigenvalue weighted by Gasteiger charge is -2.43. The van der Waals surface area contributed by atoms with Crippen molar-refractivity contribution in [2.45, 2.75) is 63.8 Å². The number of halogens is 2. The molecular weight excluding hydrogens is 289 g/mol. The number of benzene rings is 1. The van der Waals surface area contributed by atoms with Crippen LogP contribution in [-0.2, 0) is 5.41 Å². The van der Waals surface area contributed by atoms with Crippen LogP contribution in [0.15, 0.2) is 18.2 Å². The molecule has 0 radical (unpaired) electrons. The van der Waals surface area contributed by atoms with Crippen molar-refractivity contribution < 1.29 is 0 Å². The summed E-state index contributed by atoms with van der Waals surface area (Å²) >= 11 is 12.3. The van der Waals surface area contributed by atoms with E-state index in [0.717, 1.165) is 6.54 Å². The van der Waals surface area contributed by atoms with E-state index >= 15 is 0 Å². The van der Waals surface area contributed by atoms with Crippen molar-refractivity contribution in [3.05, 3.63) is 33.8 Å². The normalized spacial score (nSPS) is 19.8. The first-order valence-electron chi connectivity index (χ1n) is 7.79. The molecule has 0 saturated heterocycles. The third kappa shape index (κ3) is 3.32. The number of rotatable bonds is 5. The molecule has 112 valence electrons. The maximum atomic E-state index is 6.25. The Hall–Kier alpha value is -0.240. The summed E-state index contributed by atoms with van der Waals surface area (Å²) in [5.74, 6) is 0. The second kappa shape index (κ2) is 7.15. The third-order valence-corrected chi connectivity index (χ3v) is 5.51. The molecule has 1 N–H and O–H groups in total. The van der Waals surface area contributed by atoms with Gasteiger partial charge in [0.15, 0.2) is 0 Å². The van der Waals surface area contributed by atoms with Gasteiger partial charge in [-0.15, -0.1) is 0 Å². The molecule has 2 rings (SSSR count). The number of hydrogen-bond donors (Lipinski definition) is 1. The van der Waals surface area contributed by atoms with E-state index in [0.29, 0.717) is 16.1 Å². The van der Waals surface area contributed by atoms with Crippen molar-refractivity contribution >= 4 is 23.2 Å². The lowest BCUT2D eigenvalue weighted by atomic mass is 9.65. The van der Waals surface area contributed by atoms with Gasteiger partial charge >= 0.3 is 0 Å². The fraction of sp³-hybridized carbons (Fsp3) is 0.647. The summed E-state index contributed by atoms with van der Waals surface area (Å²) < 4.78 is 0. The molecule has 1 aliphatic rings. The Kier molecular flexibility index (Phi) is 5.77. The zero-order valence-corrected chi connectivity index (χ0v) is 14.0. The smallest absolute Gasteiger partial charge is 0.0595 e. The lowest BCUT2D eigenvalue weighted by Crippen LogP contribution is -2.48. The van der Waals surface area contributed by atoms with Crippen molar-refractivity contribution in [1.29, 1.82) is 0 Å². The molecule has 1 aromatic carbocycles. The molecule has 20 heavy (non-hydrogen) atoms. The summed E-state index contributed by atoms with van der Waals surface area (Å²) in [5, 5.41) is 5.03. The molecule has 0 spiro atoms. The molecule has 1 unspecified atom stereocenters. The minimum atomic E-state index is 0.210. The first-order valence-corrected chi connectivity index (χ1v) is 8.54. The van der Waals surface area contributed by atoms with Crippen LogP contribution in [0.2, 0.25) is 10.0 Å². The van der Waals surface area contributed by atoms with Crippen LogP contribution < -0.4 is 5.32 Å². The molecule has 1 atom stereocenters. The minimum Gasteiger partial charge on any atom is -0.313 e. The van der Waals surface area contributed by atoms with Crippen molar-refractivity contribution in [2.24, 2.45) is 0 Å². The molecular formula is C17H25Cl2N. The van der Waals surface area contributed by atoms with Crippen molar-refractivity contribution in [3.63, 3.8) is 0 Å². The van der Waals surface area contributed by atoms with Crippen LogP contribution in [0.4, 0.5) is 0 Å². The highest BCUT2D eigenvalue weighted by atomic mass is 35.5. The van der Waals surface area contributed by atoms with Crippen LogP contribution >= 0.6 is 23.2 Å². The maximum absolute atomic E-state index is 6.25. The molecule has 1 aliphatic carbocycles. The molecule has 1 nitrogen and oxygen atoms in total. The fourth-order valence-corrected chi connectivity index (χ4v) is 3.81. The van der Waals surface area contributed by atoms with Gasteiger partial charge in [0, 0.05) is 11.5 Å². The Balaban J connectivity index is 2.32. The van der Waals surface area contributed by atoms with E-state index in [-0.39, 0.29) is 5.41 Å². The van der Waals surface area contributed by atoms with E-state index in [2.05, 4.69) is 31.3 Å². The van der Waals surface area contributed by atoms with E-state index in [4.69, 9.17) is 23.2 Å². The van der Waals surface area contributed by atoms with Gasteiger partial charge in [0.25, 0.3) is 0 Å². The molecule has 1 saturated carbocycles. The Bertz CT molecular complexity index is 439. The van der Waals surface area contributed by atoms with Crippen molar-refractivity contribution in [1.82, 2.24) is 5.32 Å². The Morgan fingerprint density at radius 2 is 1.85 bits per heavy atom. The van der Waals surface area contributed by atoms with Gasteiger partial charge < -0.3 is 5.32 Å². The topological polar surface area (TPSA) is 12.0 Å². The molecule has 0 amide bonds. The predicted molar refractivity (Wildman–Crippen MR) is 89.0 cm³/mol. The number of hydrogen-bond acceptors (Lipinski definition) is 1. The summed E-state index contributed by atoms with van der Waals surface area (Å²) in [6.07, 6.45) is 7.60. The van der Waals surface area contributed by atoms with Gasteiger partial charge in [-0.25, -0.2) is 0 Å². The Labute approximate surface area is 133 Å². The molecule has 1 fully saturated rings. The first-order chi connectivity index (χ1) is 9.60. The van der Waals surface area contributed by atoms with E-state index in [1.54, 1.807) is 0 Å². The Morgan fingerprint density at radius 3 is 2.45 bits per heavy atom. The molecule has 0 bridgehead atoms. The van der Waals surface area contributed by atoms with Crippen LogP contribution in [0.5, 0.6) is 0 Å². The highest BCUT2D eigenvalue weighted by Gasteiger charge is 2.38. The van der Waals surface area contributed by atoms with E-state index in [1.807, 2.05) is 6.07 Å². The lowest BCUT2D eigenvalue weighted by molar-refractivity contribution is 0.224. The summed E-state index contributed by atoms with van der Waals surface area (Å²) in [6, 6.07) is 6.67. The molecule has 0 aromatic heterocycles. The van der Waals surface area contributed by atoms with Gasteiger partial charge in [-0.1, -0.05) is 55.5 Å². The first kappa shape index (κ1) is 16.1. The van der Waals surface area contributed by atoms with Crippen molar-refractivity contribution in [2.75, 3.05) is 6.54 Å². The second-order valence-electron chi connectivity index (χ2n) is 6.02. The summed E-state index contributed by atoms with van der Waals surface area (Å²) in [5.41, 5.74) is 1.56. The highest BCUT2D eigenvalue weighted by Crippen LogP contribution is 2.43. The standard InChI is InChI=1S/C17H25Cl2N/c1-3-11-20-13(2)17(9-5-4-6-10-17)14-7-8-15(18)16(19)12-14/h7-8,12-13,20H,3-6,9-11H2,1-2H3. The highest BCUT2D eigenvalue weighted by molar-refractivity contribution is 6.42. The SMILES string of the molecule is CCCNC(C)C1(c2ccc(Cl)c(Cl)c2)CCCCC1. The fourth-order valence-electron chi connectivity index (χ4n) is 3.52. The third-order valence-electron chi connectivity index (χ3n) is 4.77. The molecule has 3 heteroatoms. The summed E-state index contributed by atoms with van der Waals surface area (Å²) in [4.78, 5) is 0. The zero-order valence-electron chi connectivity index (χ0n) is 12.5. The monoisotopic (exact) mass is 313 g/mol. The van der Waals surface area contributed by atoms with Crippen LogP contribution in [-0.4, -0.2) is 12.6 Å². The second-order valence-corrected chi connectivity index (χ2v) is 6.84. The molecule has 0 heterocycles. The average molecular weight is 314 g/mol. The van der Waals surface area contributed by atoms with E-state index in [9.17, 15) is 0 Å². The average Bonchev–Trinajstić information content (AvgIpc) is 2.48. The quantitative estimate of drug-likeness (QED) is 0.747. The van der Waals surface area contributed by atoms with Crippen LogP contribution in [0.25, 0.3) is 0 Å². The van der Waals surface area contributed by atoms with Crippen LogP contribution in [0.3, 0.4) is 0 Å². The largest absolute Gasteiger partial charge is 0.313 e. The van der Waals surface area contributed by atoms with E-state index in [1.165, 1.54) is 44.1 Å². The summed E-state index contributed by atoms with van der Waals surface area (Å²) in [7, 11) is 0. The van der Waals surface area contributed by atoms with Gasteiger partial charge in [-0.05, 0) is 50.4 Å². The van der Waals surface area contributed by atoms with Gasteiger partial charge in [-0.3, -0.25) is 0 Å². The van der Waals surface area contributed by atoms with Crippen LogP contribution in [0.1, 0.15) is 57.9 Å². The van der Waals surface area contributed by atoms with Gasteiger partial charge in [-0.2, -0.15) is 0 Å². The maximum Gasteiger partial charge on any atom is 0.0595 e. The van der Waals surface area contributed by atoms with Gasteiger partial charge in [0.2, 0.25) is 0 Å². The molecule has 0 aliphatic heterocycles. The van der Waals surface area contributed by atoms with Gasteiger partial charge in [0.1, 0.15) is 0 Å². The molecule has 1 aromatic rings.